The van der Waals surface area contributed by atoms with Gasteiger partial charge in [-0.05, 0) is 74.4 Å². The van der Waals surface area contributed by atoms with Crippen molar-refractivity contribution in [3.05, 3.63) is 35.9 Å². The molecule has 3 unspecified atom stereocenters. The summed E-state index contributed by atoms with van der Waals surface area (Å²) >= 11 is 1.59. The number of esters is 1. The predicted octanol–water partition coefficient (Wildman–Crippen LogP) is 1.52. The maximum absolute atomic E-state index is 14.6. The van der Waals surface area contributed by atoms with Crippen molar-refractivity contribution >= 4 is 35.3 Å². The summed E-state index contributed by atoms with van der Waals surface area (Å²) in [4.78, 5) is 55.1. The number of Topliss-reactive ketones (excluding diaryl/α,β-unsaturated/α-hetero) is 1. The molecular weight excluding hydrogens is 516 g/mol. The van der Waals surface area contributed by atoms with Crippen molar-refractivity contribution in [2.45, 2.75) is 62.6 Å². The van der Waals surface area contributed by atoms with Gasteiger partial charge < -0.3 is 26.4 Å². The van der Waals surface area contributed by atoms with Crippen LogP contribution in [-0.2, 0) is 30.3 Å². The zero-order valence-electron chi connectivity index (χ0n) is 23.2. The molecule has 0 aliphatic heterocycles. The summed E-state index contributed by atoms with van der Waals surface area (Å²) in [7, 11) is 2.95. The lowest BCUT2D eigenvalue weighted by molar-refractivity contribution is -0.189. The molecule has 4 saturated carbocycles. The lowest BCUT2D eigenvalue weighted by Gasteiger charge is -2.63. The lowest BCUT2D eigenvalue weighted by atomic mass is 9.41. The van der Waals surface area contributed by atoms with E-state index in [1.807, 2.05) is 36.6 Å². The third-order valence-corrected chi connectivity index (χ3v) is 9.80. The average molecular weight is 559 g/mol. The van der Waals surface area contributed by atoms with Crippen LogP contribution in [0.1, 0.15) is 44.1 Å². The highest BCUT2D eigenvalue weighted by atomic mass is 32.2. The second-order valence-corrected chi connectivity index (χ2v) is 12.8. The number of ketones is 1. The molecule has 10 heteroatoms. The van der Waals surface area contributed by atoms with E-state index in [0.29, 0.717) is 43.9 Å². The van der Waals surface area contributed by atoms with E-state index in [2.05, 4.69) is 5.32 Å². The monoisotopic (exact) mass is 558 g/mol. The van der Waals surface area contributed by atoms with E-state index in [9.17, 15) is 19.2 Å². The van der Waals surface area contributed by atoms with Crippen molar-refractivity contribution in [1.29, 1.82) is 0 Å². The molecule has 1 aromatic carbocycles. The SMILES string of the molecule is COC(=O)C12CC3CC(CC(N)(C3)C1C(=O)[C@H](Cc1ccccc1)N(C)C(=O)CNC(=O)[C@H](N)CCSC)C2. The number of nitrogens with zero attached hydrogens (tertiary/aromatic N) is 1. The molecule has 9 nitrogen and oxygen atoms in total. The molecular formula is C29H42N4O5S. The number of rotatable bonds is 12. The molecule has 0 saturated heterocycles. The van der Waals surface area contributed by atoms with Crippen LogP contribution in [0, 0.1) is 23.2 Å². The first-order chi connectivity index (χ1) is 18.5. The Morgan fingerprint density at radius 2 is 1.77 bits per heavy atom. The van der Waals surface area contributed by atoms with Crippen molar-refractivity contribution in [3.63, 3.8) is 0 Å². The topological polar surface area (TPSA) is 145 Å². The molecule has 4 bridgehead atoms. The molecule has 5 N–H and O–H groups in total. The number of ether oxygens (including phenoxy) is 1. The van der Waals surface area contributed by atoms with Gasteiger partial charge in [0.1, 0.15) is 0 Å². The number of likely N-dealkylation sites (N-methyl/N-ethyl adjacent to an activating group) is 1. The molecule has 0 radical (unpaired) electrons. The van der Waals surface area contributed by atoms with Crippen LogP contribution in [0.15, 0.2) is 30.3 Å². The molecule has 5 atom stereocenters. The van der Waals surface area contributed by atoms with Gasteiger partial charge in [-0.1, -0.05) is 30.3 Å². The first-order valence-corrected chi connectivity index (χ1v) is 15.2. The fraction of sp³-hybridized carbons (Fsp3) is 0.655. The second-order valence-electron chi connectivity index (χ2n) is 11.8. The third kappa shape index (κ3) is 5.88. The molecule has 1 aromatic rings. The van der Waals surface area contributed by atoms with Gasteiger partial charge in [-0.3, -0.25) is 19.2 Å². The molecule has 5 rings (SSSR count). The fourth-order valence-corrected chi connectivity index (χ4v) is 8.20. The number of nitrogens with two attached hydrogens (primary N) is 2. The summed E-state index contributed by atoms with van der Waals surface area (Å²) in [5, 5.41) is 2.63. The fourth-order valence-electron chi connectivity index (χ4n) is 7.71. The Morgan fingerprint density at radius 1 is 1.13 bits per heavy atom. The van der Waals surface area contributed by atoms with Gasteiger partial charge in [-0.25, -0.2) is 0 Å². The number of amides is 2. The number of hydrogen-bond acceptors (Lipinski definition) is 8. The maximum atomic E-state index is 14.6. The third-order valence-electron chi connectivity index (χ3n) is 9.16. The Hall–Kier alpha value is -2.43. The molecule has 0 heterocycles. The molecule has 4 aliphatic rings. The van der Waals surface area contributed by atoms with Gasteiger partial charge in [-0.15, -0.1) is 0 Å². The number of hydrogen-bond donors (Lipinski definition) is 3. The molecule has 4 aliphatic carbocycles. The van der Waals surface area contributed by atoms with Gasteiger partial charge in [-0.2, -0.15) is 11.8 Å². The van der Waals surface area contributed by atoms with Crippen molar-refractivity contribution < 1.29 is 23.9 Å². The van der Waals surface area contributed by atoms with Crippen LogP contribution in [0.5, 0.6) is 0 Å². The van der Waals surface area contributed by atoms with Crippen LogP contribution in [0.25, 0.3) is 0 Å². The van der Waals surface area contributed by atoms with Crippen molar-refractivity contribution in [2.24, 2.45) is 34.6 Å². The summed E-state index contributed by atoms with van der Waals surface area (Å²) in [6.07, 6.45) is 6.31. The first kappa shape index (κ1) is 29.6. The molecule has 0 aromatic heterocycles. The molecule has 214 valence electrons. The summed E-state index contributed by atoms with van der Waals surface area (Å²) in [5.41, 5.74) is 12.1. The van der Waals surface area contributed by atoms with E-state index in [1.165, 1.54) is 12.0 Å². The standard InChI is InChI=1S/C29H42N4O5S/c1-33(23(34)17-32-26(36)21(30)9-10-39-3)22(12-18-7-5-4-6-8-18)24(35)25-28(27(37)38-2)13-19-11-20(14-28)16-29(25,31)15-19/h4-8,19-22,25H,9-17,30-31H2,1-3H3,(H,32,36)/t19?,20?,21-,22+,25?,28?,29?/m1/s1. The minimum Gasteiger partial charge on any atom is -0.469 e. The van der Waals surface area contributed by atoms with E-state index in [-0.39, 0.29) is 24.7 Å². The van der Waals surface area contributed by atoms with Crippen molar-refractivity contribution in [3.8, 4) is 0 Å². The highest BCUT2D eigenvalue weighted by Gasteiger charge is 2.68. The summed E-state index contributed by atoms with van der Waals surface area (Å²) in [6, 6.07) is 7.93. The number of nitrogens with one attached hydrogen (secondary N) is 1. The Bertz CT molecular complexity index is 1070. The van der Waals surface area contributed by atoms with Crippen LogP contribution in [0.2, 0.25) is 0 Å². The molecule has 39 heavy (non-hydrogen) atoms. The molecule has 2 amide bonds. The Balaban J connectivity index is 1.60. The van der Waals surface area contributed by atoms with E-state index >= 15 is 0 Å². The van der Waals surface area contributed by atoms with E-state index in [0.717, 1.165) is 17.7 Å². The first-order valence-electron chi connectivity index (χ1n) is 13.8. The normalized spacial score (nSPS) is 30.3. The van der Waals surface area contributed by atoms with E-state index in [4.69, 9.17) is 16.2 Å². The smallest absolute Gasteiger partial charge is 0.312 e. The largest absolute Gasteiger partial charge is 0.469 e. The average Bonchev–Trinajstić information content (AvgIpc) is 2.91. The van der Waals surface area contributed by atoms with Crippen LogP contribution in [0.4, 0.5) is 0 Å². The highest BCUT2D eigenvalue weighted by Crippen LogP contribution is 2.64. The minimum absolute atomic E-state index is 0.204. The predicted molar refractivity (Wildman–Crippen MR) is 151 cm³/mol. The molecule has 0 spiro atoms. The maximum Gasteiger partial charge on any atom is 0.312 e. The lowest BCUT2D eigenvalue weighted by Crippen LogP contribution is -2.72. The van der Waals surface area contributed by atoms with Gasteiger partial charge in [0, 0.05) is 12.6 Å². The zero-order chi connectivity index (χ0) is 28.4. The van der Waals surface area contributed by atoms with Crippen LogP contribution >= 0.6 is 11.8 Å². The molecule has 4 fully saturated rings. The van der Waals surface area contributed by atoms with Crippen LogP contribution in [0.3, 0.4) is 0 Å². The van der Waals surface area contributed by atoms with Gasteiger partial charge in [0.05, 0.1) is 37.1 Å². The Morgan fingerprint density at radius 3 is 2.36 bits per heavy atom. The zero-order valence-corrected chi connectivity index (χ0v) is 24.0. The van der Waals surface area contributed by atoms with E-state index < -0.39 is 40.8 Å². The number of benzene rings is 1. The summed E-state index contributed by atoms with van der Waals surface area (Å²) in [6.45, 7) is -0.272. The summed E-state index contributed by atoms with van der Waals surface area (Å²) < 4.78 is 5.29. The Labute approximate surface area is 235 Å². The number of carbonyl (C=O) groups is 4. The Kier molecular flexibility index (Phi) is 9.08. The van der Waals surface area contributed by atoms with Gasteiger partial charge in [0.15, 0.2) is 5.78 Å². The number of thioether (sulfide) groups is 1. The van der Waals surface area contributed by atoms with Gasteiger partial charge >= 0.3 is 5.97 Å². The minimum atomic E-state index is -0.970. The van der Waals surface area contributed by atoms with E-state index in [1.54, 1.807) is 18.8 Å². The van der Waals surface area contributed by atoms with Crippen LogP contribution < -0.4 is 16.8 Å². The van der Waals surface area contributed by atoms with Crippen molar-refractivity contribution in [1.82, 2.24) is 10.2 Å². The van der Waals surface area contributed by atoms with Gasteiger partial charge in [0.25, 0.3) is 0 Å². The number of methoxy groups -OCH3 is 1. The summed E-state index contributed by atoms with van der Waals surface area (Å²) in [5.74, 6) is -0.801. The van der Waals surface area contributed by atoms with Crippen molar-refractivity contribution in [2.75, 3.05) is 32.7 Å². The second kappa shape index (κ2) is 12.0. The van der Waals surface area contributed by atoms with Crippen LogP contribution in [-0.4, -0.2) is 78.8 Å². The quantitative estimate of drug-likeness (QED) is 0.328. The number of carbonyl (C=O) groups excluding carboxylic acids is 4. The highest BCUT2D eigenvalue weighted by molar-refractivity contribution is 7.98. The van der Waals surface area contributed by atoms with Gasteiger partial charge in [0.2, 0.25) is 11.8 Å².